The molecule has 1 fully saturated rings. The van der Waals surface area contributed by atoms with E-state index in [0.29, 0.717) is 43.3 Å². The summed E-state index contributed by atoms with van der Waals surface area (Å²) in [6.07, 6.45) is 0.933. The number of furan rings is 1. The summed E-state index contributed by atoms with van der Waals surface area (Å²) in [7, 11) is 0. The second-order valence-electron chi connectivity index (χ2n) is 7.64. The molecule has 0 N–H and O–H groups in total. The van der Waals surface area contributed by atoms with Crippen LogP contribution in [0.2, 0.25) is 0 Å². The number of aryl methyl sites for hydroxylation is 1. The molecule has 1 saturated heterocycles. The van der Waals surface area contributed by atoms with Gasteiger partial charge in [-0.3, -0.25) is 9.59 Å². The molecule has 4 rings (SSSR count). The van der Waals surface area contributed by atoms with Crippen molar-refractivity contribution in [2.45, 2.75) is 20.0 Å². The van der Waals surface area contributed by atoms with Crippen molar-refractivity contribution in [1.29, 1.82) is 0 Å². The molecule has 0 bridgehead atoms. The molecule has 0 unspecified atom stereocenters. The van der Waals surface area contributed by atoms with Crippen molar-refractivity contribution in [3.8, 4) is 5.75 Å². The zero-order valence-corrected chi connectivity index (χ0v) is 17.9. The Morgan fingerprint density at radius 2 is 1.50 bits per heavy atom. The monoisotopic (exact) mass is 436 g/mol. The van der Waals surface area contributed by atoms with Crippen LogP contribution in [0.15, 0.2) is 65.1 Å². The van der Waals surface area contributed by atoms with Gasteiger partial charge >= 0.3 is 0 Å². The zero-order chi connectivity index (χ0) is 22.5. The van der Waals surface area contributed by atoms with E-state index >= 15 is 0 Å². The van der Waals surface area contributed by atoms with Crippen LogP contribution < -0.4 is 4.74 Å². The average Bonchev–Trinajstić information content (AvgIpc) is 3.32. The topological polar surface area (TPSA) is 63.0 Å². The lowest BCUT2D eigenvalue weighted by molar-refractivity contribution is 0.0516. The van der Waals surface area contributed by atoms with E-state index < -0.39 is 0 Å². The van der Waals surface area contributed by atoms with Crippen molar-refractivity contribution < 1.29 is 23.1 Å². The SMILES string of the molecule is CCc1ccc(C(=O)N2CCN(C(=O)c3ccc(COc4ccc(F)cc4)o3)CC2)cc1. The molecule has 0 saturated carbocycles. The van der Waals surface area contributed by atoms with E-state index in [9.17, 15) is 14.0 Å². The van der Waals surface area contributed by atoms with E-state index in [1.807, 2.05) is 24.3 Å². The zero-order valence-electron chi connectivity index (χ0n) is 17.9. The summed E-state index contributed by atoms with van der Waals surface area (Å²) < 4.78 is 24.2. The van der Waals surface area contributed by atoms with Crippen LogP contribution in [0.3, 0.4) is 0 Å². The number of hydrogen-bond acceptors (Lipinski definition) is 4. The van der Waals surface area contributed by atoms with Crippen molar-refractivity contribution in [1.82, 2.24) is 9.80 Å². The molecule has 3 aromatic rings. The Morgan fingerprint density at radius 1 is 0.875 bits per heavy atom. The molecule has 1 aliphatic heterocycles. The summed E-state index contributed by atoms with van der Waals surface area (Å²) in [5, 5.41) is 0. The van der Waals surface area contributed by atoms with Crippen molar-refractivity contribution in [2.24, 2.45) is 0 Å². The first kappa shape index (κ1) is 21.6. The molecule has 0 spiro atoms. The van der Waals surface area contributed by atoms with E-state index in [2.05, 4.69) is 6.92 Å². The van der Waals surface area contributed by atoms with Crippen LogP contribution in [-0.2, 0) is 13.0 Å². The normalized spacial score (nSPS) is 13.8. The Hall–Kier alpha value is -3.61. The molecule has 32 heavy (non-hydrogen) atoms. The van der Waals surface area contributed by atoms with Crippen LogP contribution in [0.25, 0.3) is 0 Å². The van der Waals surface area contributed by atoms with Crippen LogP contribution in [0.1, 0.15) is 39.2 Å². The summed E-state index contributed by atoms with van der Waals surface area (Å²) in [6.45, 7) is 4.05. The molecule has 1 aliphatic rings. The summed E-state index contributed by atoms with van der Waals surface area (Å²) in [5.74, 6) is 0.690. The Kier molecular flexibility index (Phi) is 6.54. The number of benzene rings is 2. The molecule has 166 valence electrons. The maximum Gasteiger partial charge on any atom is 0.289 e. The Morgan fingerprint density at radius 3 is 2.12 bits per heavy atom. The van der Waals surface area contributed by atoms with E-state index in [0.717, 1.165) is 6.42 Å². The van der Waals surface area contributed by atoms with Gasteiger partial charge in [0.25, 0.3) is 11.8 Å². The van der Waals surface area contributed by atoms with Gasteiger partial charge in [0.1, 0.15) is 23.9 Å². The number of amides is 2. The predicted molar refractivity (Wildman–Crippen MR) is 117 cm³/mol. The van der Waals surface area contributed by atoms with Crippen LogP contribution in [0, 0.1) is 5.82 Å². The molecule has 1 aromatic heterocycles. The average molecular weight is 436 g/mol. The first-order chi connectivity index (χ1) is 15.5. The van der Waals surface area contributed by atoms with E-state index in [-0.39, 0.29) is 30.0 Å². The molecule has 0 atom stereocenters. The van der Waals surface area contributed by atoms with Gasteiger partial charge in [0.2, 0.25) is 0 Å². The lowest BCUT2D eigenvalue weighted by Gasteiger charge is -2.34. The smallest absolute Gasteiger partial charge is 0.289 e. The second-order valence-corrected chi connectivity index (χ2v) is 7.64. The number of nitrogens with zero attached hydrogens (tertiary/aromatic N) is 2. The molecule has 2 heterocycles. The summed E-state index contributed by atoms with van der Waals surface area (Å²) in [5.41, 5.74) is 1.86. The highest BCUT2D eigenvalue weighted by molar-refractivity contribution is 5.95. The molecule has 6 nitrogen and oxygen atoms in total. The number of rotatable bonds is 6. The minimum Gasteiger partial charge on any atom is -0.486 e. The Bertz CT molecular complexity index is 1070. The molecule has 2 aromatic carbocycles. The molecule has 7 heteroatoms. The highest BCUT2D eigenvalue weighted by Gasteiger charge is 2.27. The number of ether oxygens (including phenoxy) is 1. The first-order valence-corrected chi connectivity index (χ1v) is 10.7. The fraction of sp³-hybridized carbons (Fsp3) is 0.280. The van der Waals surface area contributed by atoms with Gasteiger partial charge in [0.15, 0.2) is 5.76 Å². The number of hydrogen-bond donors (Lipinski definition) is 0. The van der Waals surface area contributed by atoms with Gasteiger partial charge in [0, 0.05) is 31.7 Å². The molecule has 0 aliphatic carbocycles. The van der Waals surface area contributed by atoms with Gasteiger partial charge in [-0.25, -0.2) is 4.39 Å². The maximum absolute atomic E-state index is 13.0. The van der Waals surface area contributed by atoms with Crippen LogP contribution in [-0.4, -0.2) is 47.8 Å². The molecule has 2 amide bonds. The first-order valence-electron chi connectivity index (χ1n) is 10.7. The largest absolute Gasteiger partial charge is 0.486 e. The van der Waals surface area contributed by atoms with Gasteiger partial charge in [-0.2, -0.15) is 0 Å². The highest BCUT2D eigenvalue weighted by Crippen LogP contribution is 2.17. The fourth-order valence-electron chi connectivity index (χ4n) is 3.59. The van der Waals surface area contributed by atoms with Crippen LogP contribution in [0.4, 0.5) is 4.39 Å². The molecular weight excluding hydrogens is 411 g/mol. The van der Waals surface area contributed by atoms with Crippen LogP contribution >= 0.6 is 0 Å². The maximum atomic E-state index is 13.0. The van der Waals surface area contributed by atoms with Crippen molar-refractivity contribution in [3.05, 3.63) is 89.1 Å². The van der Waals surface area contributed by atoms with Crippen molar-refractivity contribution in [3.63, 3.8) is 0 Å². The third-order valence-electron chi connectivity index (χ3n) is 5.53. The predicted octanol–water partition coefficient (Wildman–Crippen LogP) is 4.16. The van der Waals surface area contributed by atoms with Crippen molar-refractivity contribution >= 4 is 11.8 Å². The Labute approximate surface area is 186 Å². The lowest BCUT2D eigenvalue weighted by Crippen LogP contribution is -2.50. The summed E-state index contributed by atoms with van der Waals surface area (Å²) >= 11 is 0. The fourth-order valence-corrected chi connectivity index (χ4v) is 3.59. The minimum atomic E-state index is -0.334. The van der Waals surface area contributed by atoms with Gasteiger partial charge in [-0.05, 0) is 60.5 Å². The van der Waals surface area contributed by atoms with E-state index in [1.54, 1.807) is 21.9 Å². The van der Waals surface area contributed by atoms with Gasteiger partial charge < -0.3 is 19.0 Å². The Balaban J connectivity index is 1.29. The number of carbonyl (C=O) groups is 2. The number of piperazine rings is 1. The highest BCUT2D eigenvalue weighted by atomic mass is 19.1. The standard InChI is InChI=1S/C25H25FN2O4/c1-2-18-3-5-19(6-4-18)24(29)27-13-15-28(16-14-27)25(30)23-12-11-22(32-23)17-31-21-9-7-20(26)8-10-21/h3-12H,2,13-17H2,1H3. The second kappa shape index (κ2) is 9.68. The van der Waals surface area contributed by atoms with Gasteiger partial charge in [-0.15, -0.1) is 0 Å². The molecular formula is C25H25FN2O4. The van der Waals surface area contributed by atoms with E-state index in [1.165, 1.54) is 29.8 Å². The summed E-state index contributed by atoms with van der Waals surface area (Å²) in [6, 6.07) is 16.7. The number of halogens is 1. The van der Waals surface area contributed by atoms with Crippen LogP contribution in [0.5, 0.6) is 5.75 Å². The minimum absolute atomic E-state index is 0.0158. The third kappa shape index (κ3) is 4.99. The summed E-state index contributed by atoms with van der Waals surface area (Å²) in [4.78, 5) is 29.0. The third-order valence-corrected chi connectivity index (χ3v) is 5.53. The van der Waals surface area contributed by atoms with Crippen molar-refractivity contribution in [2.75, 3.05) is 26.2 Å². The van der Waals surface area contributed by atoms with Gasteiger partial charge in [0.05, 0.1) is 0 Å². The lowest BCUT2D eigenvalue weighted by atomic mass is 10.1. The van der Waals surface area contributed by atoms with Gasteiger partial charge in [-0.1, -0.05) is 19.1 Å². The number of carbonyl (C=O) groups excluding carboxylic acids is 2. The molecule has 0 radical (unpaired) electrons. The van der Waals surface area contributed by atoms with E-state index in [4.69, 9.17) is 9.15 Å². The quantitative estimate of drug-likeness (QED) is 0.582.